The quantitative estimate of drug-likeness (QED) is 0.816. The third kappa shape index (κ3) is 3.93. The fourth-order valence-corrected chi connectivity index (χ4v) is 2.41. The zero-order valence-corrected chi connectivity index (χ0v) is 12.7. The molecule has 1 atom stereocenters. The van der Waals surface area contributed by atoms with Crippen molar-refractivity contribution in [1.29, 1.82) is 0 Å². The van der Waals surface area contributed by atoms with Crippen molar-refractivity contribution < 1.29 is 9.84 Å². The van der Waals surface area contributed by atoms with Gasteiger partial charge in [0.05, 0.1) is 13.2 Å². The van der Waals surface area contributed by atoms with Crippen molar-refractivity contribution in [1.82, 2.24) is 4.90 Å². The van der Waals surface area contributed by atoms with E-state index < -0.39 is 6.10 Å². The zero-order chi connectivity index (χ0) is 14.6. The highest BCUT2D eigenvalue weighted by Gasteiger charge is 2.13. The van der Waals surface area contributed by atoms with Crippen molar-refractivity contribution in [2.75, 3.05) is 27.2 Å². The molecular weight excluding hydrogens is 240 g/mol. The lowest BCUT2D eigenvalue weighted by Crippen LogP contribution is -2.34. The molecule has 0 saturated heterocycles. The van der Waals surface area contributed by atoms with E-state index >= 15 is 0 Å². The SMILES string of the molecule is COc1c(C)cc(CN(C)CC(O)CN)c(C)c1C. The zero-order valence-electron chi connectivity index (χ0n) is 12.7. The lowest BCUT2D eigenvalue weighted by Gasteiger charge is -2.22. The molecule has 19 heavy (non-hydrogen) atoms. The Balaban J connectivity index is 2.90. The first-order chi connectivity index (χ1) is 8.90. The fraction of sp³-hybridized carbons (Fsp3) is 0.600. The molecule has 0 aliphatic carbocycles. The minimum atomic E-state index is -0.467. The summed E-state index contributed by atoms with van der Waals surface area (Å²) in [5.41, 5.74) is 10.3. The van der Waals surface area contributed by atoms with Gasteiger partial charge in [0.15, 0.2) is 0 Å². The first-order valence-corrected chi connectivity index (χ1v) is 6.61. The van der Waals surface area contributed by atoms with Crippen molar-refractivity contribution in [2.45, 2.75) is 33.4 Å². The summed E-state index contributed by atoms with van der Waals surface area (Å²) in [4.78, 5) is 2.09. The maximum Gasteiger partial charge on any atom is 0.124 e. The van der Waals surface area contributed by atoms with Crippen LogP contribution in [-0.4, -0.2) is 43.4 Å². The Bertz CT molecular complexity index is 433. The predicted molar refractivity (Wildman–Crippen MR) is 78.6 cm³/mol. The van der Waals surface area contributed by atoms with Crippen LogP contribution in [0.25, 0.3) is 0 Å². The van der Waals surface area contributed by atoms with Crippen LogP contribution in [-0.2, 0) is 6.54 Å². The second-order valence-electron chi connectivity index (χ2n) is 5.22. The van der Waals surface area contributed by atoms with E-state index in [0.29, 0.717) is 13.1 Å². The van der Waals surface area contributed by atoms with Gasteiger partial charge in [0.25, 0.3) is 0 Å². The van der Waals surface area contributed by atoms with Gasteiger partial charge in [0.1, 0.15) is 5.75 Å². The summed E-state index contributed by atoms with van der Waals surface area (Å²) in [5, 5.41) is 9.58. The van der Waals surface area contributed by atoms with Crippen molar-refractivity contribution in [3.05, 3.63) is 28.3 Å². The molecule has 1 aromatic carbocycles. The van der Waals surface area contributed by atoms with E-state index in [2.05, 4.69) is 31.7 Å². The van der Waals surface area contributed by atoms with Crippen LogP contribution in [0.1, 0.15) is 22.3 Å². The van der Waals surface area contributed by atoms with Crippen LogP contribution < -0.4 is 10.5 Å². The monoisotopic (exact) mass is 266 g/mol. The Labute approximate surface area is 116 Å². The number of methoxy groups -OCH3 is 1. The number of nitrogens with zero attached hydrogens (tertiary/aromatic N) is 1. The highest BCUT2D eigenvalue weighted by atomic mass is 16.5. The predicted octanol–water partition coefficient (Wildman–Crippen LogP) is 1.37. The molecule has 1 rings (SSSR count). The summed E-state index contributed by atoms with van der Waals surface area (Å²) >= 11 is 0. The van der Waals surface area contributed by atoms with E-state index in [1.54, 1.807) is 7.11 Å². The van der Waals surface area contributed by atoms with Gasteiger partial charge in [-0.2, -0.15) is 0 Å². The molecule has 0 spiro atoms. The van der Waals surface area contributed by atoms with E-state index in [9.17, 15) is 5.11 Å². The van der Waals surface area contributed by atoms with Crippen molar-refractivity contribution in [3.8, 4) is 5.75 Å². The Morgan fingerprint density at radius 1 is 1.32 bits per heavy atom. The molecule has 0 heterocycles. The largest absolute Gasteiger partial charge is 0.496 e. The van der Waals surface area contributed by atoms with Crippen LogP contribution >= 0.6 is 0 Å². The molecule has 0 aliphatic rings. The molecule has 0 fully saturated rings. The maximum atomic E-state index is 9.58. The van der Waals surface area contributed by atoms with Crippen LogP contribution in [0.5, 0.6) is 5.75 Å². The van der Waals surface area contributed by atoms with Crippen LogP contribution in [0.2, 0.25) is 0 Å². The molecule has 0 aliphatic heterocycles. The van der Waals surface area contributed by atoms with Gasteiger partial charge in [-0.3, -0.25) is 4.90 Å². The number of hydrogen-bond acceptors (Lipinski definition) is 4. The molecule has 4 heteroatoms. The highest BCUT2D eigenvalue weighted by molar-refractivity contribution is 5.48. The Hall–Kier alpha value is -1.10. The molecule has 0 bridgehead atoms. The fourth-order valence-electron chi connectivity index (χ4n) is 2.41. The molecular formula is C15H26N2O2. The molecule has 0 radical (unpaired) electrons. The van der Waals surface area contributed by atoms with Gasteiger partial charge in [-0.05, 0) is 50.1 Å². The number of likely N-dealkylation sites (N-methyl/N-ethyl adjacent to an activating group) is 1. The smallest absolute Gasteiger partial charge is 0.124 e. The molecule has 1 unspecified atom stereocenters. The number of ether oxygens (including phenoxy) is 1. The summed E-state index contributed by atoms with van der Waals surface area (Å²) in [5.74, 6) is 0.964. The summed E-state index contributed by atoms with van der Waals surface area (Å²) in [7, 11) is 3.70. The van der Waals surface area contributed by atoms with Crippen LogP contribution in [0.3, 0.4) is 0 Å². The number of aliphatic hydroxyl groups is 1. The Morgan fingerprint density at radius 2 is 1.95 bits per heavy atom. The molecule has 4 nitrogen and oxygen atoms in total. The van der Waals surface area contributed by atoms with Gasteiger partial charge >= 0.3 is 0 Å². The number of hydrogen-bond donors (Lipinski definition) is 2. The van der Waals surface area contributed by atoms with Gasteiger partial charge in [0.2, 0.25) is 0 Å². The standard InChI is InChI=1S/C15H26N2O2/c1-10-6-13(8-17(4)9-14(18)7-16)11(2)12(3)15(10)19-5/h6,14,18H,7-9,16H2,1-5H3. The van der Waals surface area contributed by atoms with Gasteiger partial charge in [-0.25, -0.2) is 0 Å². The topological polar surface area (TPSA) is 58.7 Å². The first-order valence-electron chi connectivity index (χ1n) is 6.61. The van der Waals surface area contributed by atoms with E-state index in [0.717, 1.165) is 17.9 Å². The number of benzene rings is 1. The Morgan fingerprint density at radius 3 is 2.47 bits per heavy atom. The second-order valence-corrected chi connectivity index (χ2v) is 5.22. The normalized spacial score (nSPS) is 12.8. The average Bonchev–Trinajstić information content (AvgIpc) is 2.36. The van der Waals surface area contributed by atoms with E-state index in [-0.39, 0.29) is 0 Å². The highest BCUT2D eigenvalue weighted by Crippen LogP contribution is 2.29. The minimum absolute atomic E-state index is 0.296. The molecule has 0 saturated carbocycles. The first kappa shape index (κ1) is 16.0. The van der Waals surface area contributed by atoms with Crippen LogP contribution in [0.4, 0.5) is 0 Å². The average molecular weight is 266 g/mol. The summed E-state index contributed by atoms with van der Waals surface area (Å²) in [6.45, 7) is 7.93. The van der Waals surface area contributed by atoms with Crippen LogP contribution in [0, 0.1) is 20.8 Å². The molecule has 0 aromatic heterocycles. The van der Waals surface area contributed by atoms with Gasteiger partial charge in [-0.1, -0.05) is 6.07 Å². The molecule has 3 N–H and O–H groups in total. The van der Waals surface area contributed by atoms with E-state index in [1.807, 2.05) is 7.05 Å². The van der Waals surface area contributed by atoms with Gasteiger partial charge in [0, 0.05) is 19.6 Å². The lowest BCUT2D eigenvalue weighted by atomic mass is 9.98. The second kappa shape index (κ2) is 6.89. The summed E-state index contributed by atoms with van der Waals surface area (Å²) in [6, 6.07) is 2.16. The number of nitrogens with two attached hydrogens (primary N) is 1. The molecule has 1 aromatic rings. The van der Waals surface area contributed by atoms with E-state index in [1.165, 1.54) is 16.7 Å². The number of rotatable bonds is 6. The van der Waals surface area contributed by atoms with Crippen molar-refractivity contribution in [3.63, 3.8) is 0 Å². The summed E-state index contributed by atoms with van der Waals surface area (Å²) in [6.07, 6.45) is -0.467. The van der Waals surface area contributed by atoms with Crippen LogP contribution in [0.15, 0.2) is 6.07 Å². The van der Waals surface area contributed by atoms with Gasteiger partial charge in [-0.15, -0.1) is 0 Å². The third-order valence-electron chi connectivity index (χ3n) is 3.57. The molecule has 0 amide bonds. The van der Waals surface area contributed by atoms with E-state index in [4.69, 9.17) is 10.5 Å². The summed E-state index contributed by atoms with van der Waals surface area (Å²) < 4.78 is 5.43. The van der Waals surface area contributed by atoms with Gasteiger partial charge < -0.3 is 15.6 Å². The Kier molecular flexibility index (Phi) is 5.79. The number of aryl methyl sites for hydroxylation is 1. The van der Waals surface area contributed by atoms with Crippen molar-refractivity contribution in [2.24, 2.45) is 5.73 Å². The number of aliphatic hydroxyl groups excluding tert-OH is 1. The lowest BCUT2D eigenvalue weighted by molar-refractivity contribution is 0.129. The minimum Gasteiger partial charge on any atom is -0.496 e. The molecule has 108 valence electrons. The maximum absolute atomic E-state index is 9.58. The third-order valence-corrected chi connectivity index (χ3v) is 3.57. The van der Waals surface area contributed by atoms with Crippen molar-refractivity contribution >= 4 is 0 Å².